The second kappa shape index (κ2) is 12.0. The van der Waals surface area contributed by atoms with Crippen LogP contribution in [0.3, 0.4) is 0 Å². The fraction of sp³-hybridized carbons (Fsp3) is 0.111. The topological polar surface area (TPSA) is 157 Å². The Hall–Kier alpha value is -5.43. The molecule has 2 aromatic heterocycles. The number of anilines is 2. The van der Waals surface area contributed by atoms with E-state index in [9.17, 15) is 14.0 Å². The summed E-state index contributed by atoms with van der Waals surface area (Å²) >= 11 is 0. The van der Waals surface area contributed by atoms with Gasteiger partial charge in [0.15, 0.2) is 0 Å². The number of carbonyl (C=O) groups is 2. The minimum atomic E-state index is -0.564. The van der Waals surface area contributed by atoms with Gasteiger partial charge in [0.25, 0.3) is 5.91 Å². The first-order valence-electron chi connectivity index (χ1n) is 12.3. The third kappa shape index (κ3) is 6.71. The lowest BCUT2D eigenvalue weighted by atomic mass is 10.2. The molecule has 0 spiro atoms. The number of hydrogen-bond acceptors (Lipinski definition) is 8. The Morgan fingerprint density at radius 2 is 1.85 bits per heavy atom. The van der Waals surface area contributed by atoms with Gasteiger partial charge in [-0.15, -0.1) is 10.6 Å². The molecule has 12 nitrogen and oxygen atoms in total. The van der Waals surface area contributed by atoms with Crippen molar-refractivity contribution in [1.29, 1.82) is 0 Å². The van der Waals surface area contributed by atoms with Crippen molar-refractivity contribution in [3.63, 3.8) is 0 Å². The average Bonchev–Trinajstić information content (AvgIpc) is 3.65. The van der Waals surface area contributed by atoms with Gasteiger partial charge in [0.1, 0.15) is 23.2 Å². The van der Waals surface area contributed by atoms with E-state index in [0.29, 0.717) is 52.9 Å². The third-order valence-corrected chi connectivity index (χ3v) is 5.77. The van der Waals surface area contributed by atoms with Crippen molar-refractivity contribution in [1.82, 2.24) is 31.8 Å². The van der Waals surface area contributed by atoms with E-state index in [1.54, 1.807) is 67.0 Å². The molecule has 2 aromatic carbocycles. The maximum atomic E-state index is 13.9. The Morgan fingerprint density at radius 1 is 1.00 bits per heavy atom. The minimum absolute atomic E-state index is 0.101. The molecule has 0 fully saturated rings. The van der Waals surface area contributed by atoms with E-state index in [0.717, 1.165) is 5.56 Å². The number of aromatic nitrogens is 2. The fourth-order valence-corrected chi connectivity index (χ4v) is 3.80. The molecule has 0 saturated carbocycles. The summed E-state index contributed by atoms with van der Waals surface area (Å²) in [4.78, 5) is 32.2. The number of ether oxygens (including phenoxy) is 1. The van der Waals surface area contributed by atoms with Gasteiger partial charge in [-0.25, -0.2) is 14.7 Å². The smallest absolute Gasteiger partial charge is 0.323 e. The standard InChI is InChI=1S/C27H26FN9O3/c1-16-2-7-21(28)22(12-16)33-27(39)32-18-3-5-19(6-4-18)40-20-8-10-29-24(14-20)23-13-17(15-31-23)26(38)30-11-9-25-34-36-37-35-25/h2-8,10,12-15,31,36-37H,9,11H2,1H3,(H,30,38)(H,34,35)(H2,32,33,39). The van der Waals surface area contributed by atoms with E-state index < -0.39 is 11.8 Å². The summed E-state index contributed by atoms with van der Waals surface area (Å²) in [5, 5.41) is 12.0. The Bertz CT molecular complexity index is 1550. The van der Waals surface area contributed by atoms with Gasteiger partial charge in [0.2, 0.25) is 0 Å². The van der Waals surface area contributed by atoms with Gasteiger partial charge in [-0.1, -0.05) is 6.07 Å². The van der Waals surface area contributed by atoms with Crippen LogP contribution in [-0.4, -0.2) is 34.3 Å². The number of hydrazine groups is 2. The predicted molar refractivity (Wildman–Crippen MR) is 148 cm³/mol. The van der Waals surface area contributed by atoms with Crippen LogP contribution >= 0.6 is 0 Å². The van der Waals surface area contributed by atoms with Crippen LogP contribution in [0.25, 0.3) is 11.4 Å². The highest BCUT2D eigenvalue weighted by Crippen LogP contribution is 2.27. The number of benzene rings is 2. The molecule has 1 aliphatic rings. The molecule has 0 unspecified atom stereocenters. The number of hydrazone groups is 1. The molecule has 13 heteroatoms. The molecule has 0 saturated heterocycles. The first-order chi connectivity index (χ1) is 19.4. The number of aromatic amines is 1. The summed E-state index contributed by atoms with van der Waals surface area (Å²) in [5.41, 5.74) is 11.2. The van der Waals surface area contributed by atoms with Gasteiger partial charge >= 0.3 is 6.03 Å². The van der Waals surface area contributed by atoms with E-state index in [1.165, 1.54) is 6.07 Å². The average molecular weight is 544 g/mol. The second-order valence-corrected chi connectivity index (χ2v) is 8.79. The zero-order valence-corrected chi connectivity index (χ0v) is 21.3. The van der Waals surface area contributed by atoms with Gasteiger partial charge in [-0.2, -0.15) is 0 Å². The number of amidine groups is 1. The van der Waals surface area contributed by atoms with E-state index >= 15 is 0 Å². The quantitative estimate of drug-likeness (QED) is 0.168. The van der Waals surface area contributed by atoms with Crippen molar-refractivity contribution in [2.45, 2.75) is 13.3 Å². The van der Waals surface area contributed by atoms with Crippen LogP contribution < -0.4 is 37.2 Å². The lowest BCUT2D eigenvalue weighted by Gasteiger charge is -2.10. The number of carbonyl (C=O) groups excluding carboxylic acids is 2. The van der Waals surface area contributed by atoms with Crippen molar-refractivity contribution >= 4 is 29.1 Å². The van der Waals surface area contributed by atoms with E-state index in [-0.39, 0.29) is 11.6 Å². The maximum absolute atomic E-state index is 13.9. The number of halogens is 1. The number of nitrogens with zero attached hydrogens (tertiary/aromatic N) is 2. The summed E-state index contributed by atoms with van der Waals surface area (Å²) in [6.07, 6.45) is 3.76. The monoisotopic (exact) mass is 543 g/mol. The molecule has 3 heterocycles. The summed E-state index contributed by atoms with van der Waals surface area (Å²) < 4.78 is 19.8. The Balaban J connectivity index is 1.15. The SMILES string of the molecule is Cc1ccc(F)c(NC(=O)Nc2ccc(Oc3ccnc(-c4cc(C(=O)NCCC5=NNNN5)c[nH]4)c3)cc2)c1. The molecule has 5 rings (SSSR count). The third-order valence-electron chi connectivity index (χ3n) is 5.77. The van der Waals surface area contributed by atoms with E-state index in [1.807, 2.05) is 6.92 Å². The summed E-state index contributed by atoms with van der Waals surface area (Å²) in [7, 11) is 0. The highest BCUT2D eigenvalue weighted by Gasteiger charge is 2.12. The lowest BCUT2D eigenvalue weighted by Crippen LogP contribution is -2.36. The van der Waals surface area contributed by atoms with Crippen molar-refractivity contribution in [3.8, 4) is 22.9 Å². The first kappa shape index (κ1) is 26.2. The first-order valence-corrected chi connectivity index (χ1v) is 12.3. The van der Waals surface area contributed by atoms with Crippen molar-refractivity contribution in [2.24, 2.45) is 5.10 Å². The Labute approximate surface area is 228 Å². The molecule has 7 N–H and O–H groups in total. The van der Waals surface area contributed by atoms with Crippen LogP contribution in [0.2, 0.25) is 0 Å². The van der Waals surface area contributed by atoms with Gasteiger partial charge in [-0.3, -0.25) is 15.2 Å². The molecule has 0 aliphatic carbocycles. The van der Waals surface area contributed by atoms with Gasteiger partial charge in [-0.05, 0) is 61.0 Å². The zero-order valence-electron chi connectivity index (χ0n) is 21.3. The molecule has 204 valence electrons. The van der Waals surface area contributed by atoms with Gasteiger partial charge in [0.05, 0.1) is 22.6 Å². The number of pyridine rings is 1. The van der Waals surface area contributed by atoms with Crippen LogP contribution in [0, 0.1) is 12.7 Å². The van der Waals surface area contributed by atoms with Crippen molar-refractivity contribution in [3.05, 3.63) is 90.0 Å². The summed E-state index contributed by atoms with van der Waals surface area (Å²) in [6, 6.07) is 15.8. The second-order valence-electron chi connectivity index (χ2n) is 8.79. The predicted octanol–water partition coefficient (Wildman–Crippen LogP) is 4.01. The number of amides is 3. The largest absolute Gasteiger partial charge is 0.457 e. The van der Waals surface area contributed by atoms with Crippen molar-refractivity contribution in [2.75, 3.05) is 17.2 Å². The molecular weight excluding hydrogens is 517 g/mol. The van der Waals surface area contributed by atoms with E-state index in [2.05, 4.69) is 47.5 Å². The van der Waals surface area contributed by atoms with E-state index in [4.69, 9.17) is 4.74 Å². The molecular formula is C27H26FN9O3. The van der Waals surface area contributed by atoms with Crippen LogP contribution in [0.5, 0.6) is 11.5 Å². The number of H-pyrrole nitrogens is 1. The minimum Gasteiger partial charge on any atom is -0.457 e. The number of nitrogens with one attached hydrogen (secondary N) is 7. The Morgan fingerprint density at radius 3 is 2.65 bits per heavy atom. The van der Waals surface area contributed by atoms with Crippen LogP contribution in [0.15, 0.2) is 78.2 Å². The lowest BCUT2D eigenvalue weighted by molar-refractivity contribution is 0.0955. The molecule has 0 bridgehead atoms. The number of urea groups is 1. The van der Waals surface area contributed by atoms with Gasteiger partial charge < -0.3 is 25.7 Å². The fourth-order valence-electron chi connectivity index (χ4n) is 3.80. The number of aryl methyl sites for hydroxylation is 1. The molecule has 3 amide bonds. The molecule has 1 aliphatic heterocycles. The normalized spacial score (nSPS) is 12.1. The summed E-state index contributed by atoms with van der Waals surface area (Å²) in [5.74, 6) is 1.03. The van der Waals surface area contributed by atoms with Gasteiger partial charge in [0, 0.05) is 37.1 Å². The number of hydrogen-bond donors (Lipinski definition) is 7. The highest BCUT2D eigenvalue weighted by molar-refractivity contribution is 6.00. The van der Waals surface area contributed by atoms with Crippen LogP contribution in [0.1, 0.15) is 22.3 Å². The number of rotatable bonds is 9. The molecule has 40 heavy (non-hydrogen) atoms. The highest BCUT2D eigenvalue weighted by atomic mass is 19.1. The zero-order chi connectivity index (χ0) is 27.9. The Kier molecular flexibility index (Phi) is 7.83. The molecule has 0 radical (unpaired) electrons. The summed E-state index contributed by atoms with van der Waals surface area (Å²) in [6.45, 7) is 2.23. The van der Waals surface area contributed by atoms with Crippen molar-refractivity contribution < 1.29 is 18.7 Å². The van der Waals surface area contributed by atoms with Crippen LogP contribution in [-0.2, 0) is 0 Å². The van der Waals surface area contributed by atoms with Crippen LogP contribution in [0.4, 0.5) is 20.6 Å². The molecule has 0 atom stereocenters. The maximum Gasteiger partial charge on any atom is 0.323 e. The molecule has 4 aromatic rings.